The zero-order valence-corrected chi connectivity index (χ0v) is 17.2. The maximum absolute atomic E-state index is 13.0. The second-order valence-corrected chi connectivity index (χ2v) is 7.34. The van der Waals surface area contributed by atoms with Crippen molar-refractivity contribution < 1.29 is 19.1 Å². The number of ether oxygens (including phenoxy) is 1. The summed E-state index contributed by atoms with van der Waals surface area (Å²) >= 11 is 0. The number of nitrogens with one attached hydrogen (secondary N) is 2. The third-order valence-corrected chi connectivity index (χ3v) is 5.39. The number of fused-ring (bicyclic) bond motifs is 1. The minimum atomic E-state index is -0.686. The lowest BCUT2D eigenvalue weighted by Crippen LogP contribution is -2.48. The molecule has 0 spiro atoms. The van der Waals surface area contributed by atoms with Crippen LogP contribution in [-0.2, 0) is 20.7 Å². The monoisotopic (exact) mass is 402 g/mol. The highest BCUT2D eigenvalue weighted by atomic mass is 16.5. The van der Waals surface area contributed by atoms with Gasteiger partial charge in [-0.05, 0) is 37.5 Å². The van der Waals surface area contributed by atoms with Crippen LogP contribution in [0.1, 0.15) is 36.2 Å². The molecule has 1 aromatic rings. The third kappa shape index (κ3) is 5.06. The van der Waals surface area contributed by atoms with E-state index in [0.717, 1.165) is 37.4 Å². The van der Waals surface area contributed by atoms with Gasteiger partial charge in [0.2, 0.25) is 5.91 Å². The second kappa shape index (κ2) is 9.73. The molecule has 0 unspecified atom stereocenters. The summed E-state index contributed by atoms with van der Waals surface area (Å²) in [6.45, 7) is 7.90. The zero-order valence-electron chi connectivity index (χ0n) is 17.2. The molecule has 158 valence electrons. The number of esters is 1. The molecule has 8 nitrogen and oxygen atoms in total. The van der Waals surface area contributed by atoms with Crippen molar-refractivity contribution in [2.24, 2.45) is 0 Å². The molecule has 0 aromatic heterocycles. The first-order valence-electron chi connectivity index (χ1n) is 10.4. The number of carbonyl (C=O) groups is 3. The van der Waals surface area contributed by atoms with Crippen LogP contribution in [0.25, 0.3) is 0 Å². The molecule has 29 heavy (non-hydrogen) atoms. The topological polar surface area (TPSA) is 91.0 Å². The largest absolute Gasteiger partial charge is 0.464 e. The summed E-state index contributed by atoms with van der Waals surface area (Å²) in [5.74, 6) is -0.929. The molecule has 1 atom stereocenters. The van der Waals surface area contributed by atoms with Crippen LogP contribution in [-0.4, -0.2) is 74.6 Å². The Morgan fingerprint density at radius 1 is 1.21 bits per heavy atom. The number of amides is 2. The van der Waals surface area contributed by atoms with Gasteiger partial charge < -0.3 is 25.2 Å². The Hall–Kier alpha value is -2.61. The molecule has 8 heteroatoms. The van der Waals surface area contributed by atoms with Crippen LogP contribution >= 0.6 is 0 Å². The van der Waals surface area contributed by atoms with Crippen LogP contribution in [0.5, 0.6) is 0 Å². The average molecular weight is 402 g/mol. The van der Waals surface area contributed by atoms with E-state index >= 15 is 0 Å². The fourth-order valence-electron chi connectivity index (χ4n) is 3.76. The molecule has 2 amide bonds. The van der Waals surface area contributed by atoms with Crippen LogP contribution < -0.4 is 15.5 Å². The van der Waals surface area contributed by atoms with Crippen LogP contribution in [0, 0.1) is 0 Å². The molecule has 1 saturated heterocycles. The van der Waals surface area contributed by atoms with E-state index in [1.54, 1.807) is 11.8 Å². The number of hydrogen-bond acceptors (Lipinski definition) is 6. The van der Waals surface area contributed by atoms with E-state index in [0.29, 0.717) is 24.9 Å². The van der Waals surface area contributed by atoms with Gasteiger partial charge in [-0.15, -0.1) is 0 Å². The summed E-state index contributed by atoms with van der Waals surface area (Å²) in [5, 5.41) is 6.01. The fraction of sp³-hybridized carbons (Fsp3) is 0.571. The van der Waals surface area contributed by atoms with Gasteiger partial charge in [0.25, 0.3) is 5.91 Å². The highest BCUT2D eigenvalue weighted by Gasteiger charge is 2.28. The van der Waals surface area contributed by atoms with Crippen molar-refractivity contribution >= 4 is 23.5 Å². The molecule has 1 aromatic carbocycles. The maximum atomic E-state index is 13.0. The predicted molar refractivity (Wildman–Crippen MR) is 110 cm³/mol. The summed E-state index contributed by atoms with van der Waals surface area (Å²) in [7, 11) is 0. The molecule has 3 rings (SSSR count). The van der Waals surface area contributed by atoms with Crippen molar-refractivity contribution in [2.75, 3.05) is 50.8 Å². The number of benzene rings is 1. The van der Waals surface area contributed by atoms with Crippen LogP contribution in [0.4, 0.5) is 5.69 Å². The van der Waals surface area contributed by atoms with E-state index in [9.17, 15) is 14.4 Å². The lowest BCUT2D eigenvalue weighted by atomic mass is 9.97. The lowest BCUT2D eigenvalue weighted by Gasteiger charge is -2.32. The Balaban J connectivity index is 1.65. The molecule has 0 saturated carbocycles. The Labute approximate surface area is 171 Å². The van der Waals surface area contributed by atoms with Gasteiger partial charge >= 0.3 is 5.97 Å². The van der Waals surface area contributed by atoms with Crippen LogP contribution in [0.3, 0.4) is 0 Å². The zero-order chi connectivity index (χ0) is 20.8. The SMILES string of the molecule is CCOC(=O)[C@H](CC)NC(=O)CN1CCc2ccc(N3CCNCC3)cc2C1=O. The minimum Gasteiger partial charge on any atom is -0.464 e. The Morgan fingerprint density at radius 2 is 1.97 bits per heavy atom. The number of piperazine rings is 1. The lowest BCUT2D eigenvalue weighted by molar-refractivity contribution is -0.147. The van der Waals surface area contributed by atoms with Gasteiger partial charge in [0.15, 0.2) is 0 Å². The first kappa shape index (κ1) is 21.1. The molecular weight excluding hydrogens is 372 g/mol. The highest BCUT2D eigenvalue weighted by molar-refractivity contribution is 6.00. The van der Waals surface area contributed by atoms with E-state index in [-0.39, 0.29) is 25.0 Å². The fourth-order valence-corrected chi connectivity index (χ4v) is 3.76. The van der Waals surface area contributed by atoms with Gasteiger partial charge in [0.05, 0.1) is 13.2 Å². The highest BCUT2D eigenvalue weighted by Crippen LogP contribution is 2.25. The molecule has 2 aliphatic heterocycles. The van der Waals surface area contributed by atoms with Gasteiger partial charge in [0, 0.05) is 44.0 Å². The number of rotatable bonds is 7. The summed E-state index contributed by atoms with van der Waals surface area (Å²) in [6.07, 6.45) is 1.15. The van der Waals surface area contributed by atoms with Crippen molar-refractivity contribution in [1.82, 2.24) is 15.5 Å². The Bertz CT molecular complexity index is 761. The maximum Gasteiger partial charge on any atom is 0.328 e. The normalized spacial score (nSPS) is 17.5. The second-order valence-electron chi connectivity index (χ2n) is 7.34. The van der Waals surface area contributed by atoms with Crippen molar-refractivity contribution in [2.45, 2.75) is 32.7 Å². The molecule has 0 bridgehead atoms. The molecule has 2 heterocycles. The molecule has 2 N–H and O–H groups in total. The van der Waals surface area contributed by atoms with Crippen molar-refractivity contribution in [1.29, 1.82) is 0 Å². The Kier molecular flexibility index (Phi) is 7.09. The summed E-state index contributed by atoms with van der Waals surface area (Å²) in [5.41, 5.74) is 2.72. The molecule has 2 aliphatic rings. The number of anilines is 1. The predicted octanol–water partition coefficient (Wildman–Crippen LogP) is 0.552. The third-order valence-electron chi connectivity index (χ3n) is 5.39. The minimum absolute atomic E-state index is 0.0635. The van der Waals surface area contributed by atoms with Crippen LogP contribution in [0.15, 0.2) is 18.2 Å². The smallest absolute Gasteiger partial charge is 0.328 e. The van der Waals surface area contributed by atoms with Crippen molar-refractivity contribution in [3.8, 4) is 0 Å². The van der Waals surface area contributed by atoms with Crippen molar-refractivity contribution in [3.05, 3.63) is 29.3 Å². The number of nitrogens with zero attached hydrogens (tertiary/aromatic N) is 2. The van der Waals surface area contributed by atoms with Gasteiger partial charge in [-0.25, -0.2) is 4.79 Å². The molecule has 1 fully saturated rings. The standard InChI is InChI=1S/C21H30N4O4/c1-3-18(21(28)29-4-2)23-19(26)14-25-10-7-15-5-6-16(13-17(15)20(25)27)24-11-8-22-9-12-24/h5-6,13,18,22H,3-4,7-12,14H2,1-2H3,(H,23,26)/t18-/m0/s1. The Morgan fingerprint density at radius 3 is 2.66 bits per heavy atom. The van der Waals surface area contributed by atoms with E-state index in [2.05, 4.69) is 21.6 Å². The van der Waals surface area contributed by atoms with Gasteiger partial charge in [0.1, 0.15) is 6.04 Å². The van der Waals surface area contributed by atoms with E-state index in [1.807, 2.05) is 19.1 Å². The van der Waals surface area contributed by atoms with E-state index < -0.39 is 12.0 Å². The summed E-state index contributed by atoms with van der Waals surface area (Å²) in [4.78, 5) is 41.1. The number of hydrogen-bond donors (Lipinski definition) is 2. The summed E-state index contributed by atoms with van der Waals surface area (Å²) < 4.78 is 4.98. The molecule has 0 radical (unpaired) electrons. The van der Waals surface area contributed by atoms with Crippen molar-refractivity contribution in [3.63, 3.8) is 0 Å². The van der Waals surface area contributed by atoms with E-state index in [1.165, 1.54) is 0 Å². The quantitative estimate of drug-likeness (QED) is 0.648. The van der Waals surface area contributed by atoms with E-state index in [4.69, 9.17) is 4.74 Å². The van der Waals surface area contributed by atoms with Gasteiger partial charge in [-0.1, -0.05) is 13.0 Å². The van der Waals surface area contributed by atoms with Gasteiger partial charge in [-0.2, -0.15) is 0 Å². The molecule has 0 aliphatic carbocycles. The van der Waals surface area contributed by atoms with Crippen LogP contribution in [0.2, 0.25) is 0 Å². The molecular formula is C21H30N4O4. The number of carbonyl (C=O) groups excluding carboxylic acids is 3. The van der Waals surface area contributed by atoms with Gasteiger partial charge in [-0.3, -0.25) is 9.59 Å². The first-order valence-corrected chi connectivity index (χ1v) is 10.4. The average Bonchev–Trinajstić information content (AvgIpc) is 2.74. The first-order chi connectivity index (χ1) is 14.0. The summed E-state index contributed by atoms with van der Waals surface area (Å²) in [6, 6.07) is 5.36.